The summed E-state index contributed by atoms with van der Waals surface area (Å²) in [5.74, 6) is -0.645. The number of imidazole rings is 1. The van der Waals surface area contributed by atoms with Crippen LogP contribution >= 0.6 is 0 Å². The van der Waals surface area contributed by atoms with Crippen LogP contribution in [0.5, 0.6) is 0 Å². The van der Waals surface area contributed by atoms with Crippen molar-refractivity contribution in [1.29, 1.82) is 0 Å². The quantitative estimate of drug-likeness (QED) is 0.488. The minimum atomic E-state index is -4.42. The number of carbonyl (C=O) groups is 1. The smallest absolute Gasteiger partial charge is 0.393 e. The number of urea groups is 1. The number of benzene rings is 2. The van der Waals surface area contributed by atoms with Gasteiger partial charge in [0.2, 0.25) is 0 Å². The second-order valence-corrected chi connectivity index (χ2v) is 9.84. The van der Waals surface area contributed by atoms with Crippen LogP contribution in [0.15, 0.2) is 61.1 Å². The molecule has 3 heterocycles. The molecule has 2 atom stereocenters. The Kier molecular flexibility index (Phi) is 6.94. The average Bonchev–Trinajstić information content (AvgIpc) is 3.39. The van der Waals surface area contributed by atoms with Gasteiger partial charge in [0, 0.05) is 49.9 Å². The molecule has 0 spiro atoms. The van der Waals surface area contributed by atoms with Crippen LogP contribution in [0.25, 0.3) is 5.69 Å². The summed E-state index contributed by atoms with van der Waals surface area (Å²) in [5.41, 5.74) is 1.53. The standard InChI is InChI=1S/C27H28F4N4O2/c28-22-5-7-23(8-6-22)35-16-25(32-17-35)20-13-19(18-1-3-21(4-2-18)27(29,30)31)14-34(15-20)26(37)33-11-9-24(36)10-12-33/h1-8,16-17,19-20,24,36H,9-15H2. The number of carbonyl (C=O) groups excluding carboxylic acids is 1. The molecular weight excluding hydrogens is 488 g/mol. The Morgan fingerprint density at radius 3 is 2.22 bits per heavy atom. The van der Waals surface area contributed by atoms with Crippen LogP contribution in [0, 0.1) is 5.82 Å². The lowest BCUT2D eigenvalue weighted by Crippen LogP contribution is -2.51. The van der Waals surface area contributed by atoms with E-state index in [2.05, 4.69) is 4.98 Å². The zero-order chi connectivity index (χ0) is 26.2. The molecule has 37 heavy (non-hydrogen) atoms. The number of nitrogens with zero attached hydrogens (tertiary/aromatic N) is 4. The summed E-state index contributed by atoms with van der Waals surface area (Å²) in [6.07, 6.45) is 0.333. The molecule has 5 rings (SSSR count). The monoisotopic (exact) mass is 516 g/mol. The van der Waals surface area contributed by atoms with Crippen LogP contribution in [0.3, 0.4) is 0 Å². The van der Waals surface area contributed by atoms with Crippen molar-refractivity contribution in [3.05, 3.63) is 83.7 Å². The zero-order valence-electron chi connectivity index (χ0n) is 20.1. The fourth-order valence-electron chi connectivity index (χ4n) is 5.22. The lowest BCUT2D eigenvalue weighted by atomic mass is 9.83. The molecule has 2 saturated heterocycles. The van der Waals surface area contributed by atoms with Crippen LogP contribution in [-0.4, -0.2) is 62.8 Å². The molecular formula is C27H28F4N4O2. The van der Waals surface area contributed by atoms with E-state index in [4.69, 9.17) is 0 Å². The first-order chi connectivity index (χ1) is 17.7. The van der Waals surface area contributed by atoms with E-state index in [-0.39, 0.29) is 23.7 Å². The Morgan fingerprint density at radius 1 is 0.919 bits per heavy atom. The number of aliphatic hydroxyl groups is 1. The topological polar surface area (TPSA) is 61.6 Å². The molecule has 1 aromatic heterocycles. The molecule has 2 aromatic carbocycles. The van der Waals surface area contributed by atoms with Crippen LogP contribution in [0.1, 0.15) is 47.9 Å². The lowest BCUT2D eigenvalue weighted by Gasteiger charge is -2.41. The first-order valence-corrected chi connectivity index (χ1v) is 12.4. The SMILES string of the molecule is O=C(N1CCC(O)CC1)N1CC(c2ccc(C(F)(F)F)cc2)CC(c2cn(-c3ccc(F)cc3)cn2)C1. The Hall–Kier alpha value is -3.40. The van der Waals surface area contributed by atoms with Crippen molar-refractivity contribution in [2.24, 2.45) is 0 Å². The van der Waals surface area contributed by atoms with Gasteiger partial charge in [0.15, 0.2) is 0 Å². The van der Waals surface area contributed by atoms with Crippen LogP contribution in [0.2, 0.25) is 0 Å². The number of likely N-dealkylation sites (tertiary alicyclic amines) is 2. The summed E-state index contributed by atoms with van der Waals surface area (Å²) >= 11 is 0. The van der Waals surface area contributed by atoms with Gasteiger partial charge in [0.1, 0.15) is 5.82 Å². The molecule has 1 N–H and O–H groups in total. The summed E-state index contributed by atoms with van der Waals surface area (Å²) in [6, 6.07) is 11.0. The zero-order valence-corrected chi connectivity index (χ0v) is 20.1. The highest BCUT2D eigenvalue weighted by Gasteiger charge is 2.36. The summed E-state index contributed by atoms with van der Waals surface area (Å²) in [7, 11) is 0. The maximum absolute atomic E-state index is 13.4. The van der Waals surface area contributed by atoms with Gasteiger partial charge < -0.3 is 19.5 Å². The molecule has 2 aliphatic rings. The van der Waals surface area contributed by atoms with Crippen molar-refractivity contribution in [3.63, 3.8) is 0 Å². The number of aromatic nitrogens is 2. The number of hydrogen-bond donors (Lipinski definition) is 1. The Balaban J connectivity index is 1.40. The highest BCUT2D eigenvalue weighted by atomic mass is 19.4. The molecule has 0 radical (unpaired) electrons. The molecule has 2 amide bonds. The van der Waals surface area contributed by atoms with E-state index in [0.717, 1.165) is 29.1 Å². The molecule has 0 saturated carbocycles. The number of rotatable bonds is 3. The highest BCUT2D eigenvalue weighted by Crippen LogP contribution is 2.37. The predicted molar refractivity (Wildman–Crippen MR) is 129 cm³/mol. The van der Waals surface area contributed by atoms with Gasteiger partial charge >= 0.3 is 12.2 Å². The Bertz CT molecular complexity index is 1220. The molecule has 10 heteroatoms. The van der Waals surface area contributed by atoms with Crippen molar-refractivity contribution in [1.82, 2.24) is 19.4 Å². The van der Waals surface area contributed by atoms with Gasteiger partial charge in [-0.3, -0.25) is 0 Å². The molecule has 6 nitrogen and oxygen atoms in total. The number of halogens is 4. The second-order valence-electron chi connectivity index (χ2n) is 9.84. The first-order valence-electron chi connectivity index (χ1n) is 12.4. The highest BCUT2D eigenvalue weighted by molar-refractivity contribution is 5.75. The van der Waals surface area contributed by atoms with E-state index in [9.17, 15) is 27.5 Å². The third-order valence-corrected chi connectivity index (χ3v) is 7.31. The van der Waals surface area contributed by atoms with E-state index < -0.39 is 17.8 Å². The summed E-state index contributed by atoms with van der Waals surface area (Å²) in [6.45, 7) is 1.74. The van der Waals surface area contributed by atoms with E-state index in [1.165, 1.54) is 24.3 Å². The van der Waals surface area contributed by atoms with Crippen molar-refractivity contribution in [2.45, 2.75) is 43.4 Å². The van der Waals surface area contributed by atoms with Gasteiger partial charge in [-0.05, 0) is 61.2 Å². The summed E-state index contributed by atoms with van der Waals surface area (Å²) in [5, 5.41) is 9.83. The van der Waals surface area contributed by atoms with Gasteiger partial charge in [0.05, 0.1) is 23.7 Å². The molecule has 3 aromatic rings. The van der Waals surface area contributed by atoms with Gasteiger partial charge in [-0.25, -0.2) is 14.2 Å². The van der Waals surface area contributed by atoms with Crippen LogP contribution in [0.4, 0.5) is 22.4 Å². The number of piperidine rings is 2. The minimum Gasteiger partial charge on any atom is -0.393 e. The lowest BCUT2D eigenvalue weighted by molar-refractivity contribution is -0.137. The maximum Gasteiger partial charge on any atom is 0.416 e. The fraction of sp³-hybridized carbons (Fsp3) is 0.407. The second kappa shape index (κ2) is 10.2. The normalized spacial score (nSPS) is 21.3. The van der Waals surface area contributed by atoms with Crippen LogP contribution < -0.4 is 0 Å². The van der Waals surface area contributed by atoms with Crippen molar-refractivity contribution < 1.29 is 27.5 Å². The third-order valence-electron chi connectivity index (χ3n) is 7.31. The molecule has 0 aliphatic carbocycles. The Labute approximate surface area is 212 Å². The van der Waals surface area contributed by atoms with Crippen molar-refractivity contribution >= 4 is 6.03 Å². The molecule has 2 fully saturated rings. The van der Waals surface area contributed by atoms with Crippen LogP contribution in [-0.2, 0) is 6.18 Å². The van der Waals surface area contributed by atoms with E-state index in [1.807, 2.05) is 6.20 Å². The van der Waals surface area contributed by atoms with Crippen molar-refractivity contribution in [3.8, 4) is 5.69 Å². The van der Waals surface area contributed by atoms with E-state index >= 15 is 0 Å². The van der Waals surface area contributed by atoms with Crippen molar-refractivity contribution in [2.75, 3.05) is 26.2 Å². The molecule has 196 valence electrons. The number of aliphatic hydroxyl groups excluding tert-OH is 1. The third kappa shape index (κ3) is 5.64. The van der Waals surface area contributed by atoms with Gasteiger partial charge in [-0.2, -0.15) is 13.2 Å². The average molecular weight is 517 g/mol. The first kappa shape index (κ1) is 25.3. The van der Waals surface area contributed by atoms with E-state index in [1.54, 1.807) is 32.8 Å². The largest absolute Gasteiger partial charge is 0.416 e. The molecule has 0 bridgehead atoms. The Morgan fingerprint density at radius 2 is 1.57 bits per heavy atom. The molecule has 2 aliphatic heterocycles. The fourth-order valence-corrected chi connectivity index (χ4v) is 5.22. The maximum atomic E-state index is 13.4. The number of amides is 2. The van der Waals surface area contributed by atoms with Gasteiger partial charge in [0.25, 0.3) is 0 Å². The van der Waals surface area contributed by atoms with Gasteiger partial charge in [-0.15, -0.1) is 0 Å². The summed E-state index contributed by atoms with van der Waals surface area (Å²) in [4.78, 5) is 21.5. The van der Waals surface area contributed by atoms with Gasteiger partial charge in [-0.1, -0.05) is 12.1 Å². The summed E-state index contributed by atoms with van der Waals surface area (Å²) < 4.78 is 54.4. The van der Waals surface area contributed by atoms with E-state index in [0.29, 0.717) is 45.4 Å². The molecule has 2 unspecified atom stereocenters. The predicted octanol–water partition coefficient (Wildman–Crippen LogP) is 5.18. The number of alkyl halides is 3. The minimum absolute atomic E-state index is 0.133. The number of hydrogen-bond acceptors (Lipinski definition) is 3.